The number of hydrogen-bond donors (Lipinski definition) is 3. The third-order valence-corrected chi connectivity index (χ3v) is 4.31. The van der Waals surface area contributed by atoms with Gasteiger partial charge in [0.2, 0.25) is 17.8 Å². The van der Waals surface area contributed by atoms with E-state index in [-0.39, 0.29) is 17.8 Å². The second kappa shape index (κ2) is 9.77. The predicted octanol–water partition coefficient (Wildman–Crippen LogP) is 5.82. The highest BCUT2D eigenvalue weighted by atomic mass is 19.4. The van der Waals surface area contributed by atoms with E-state index in [0.717, 1.165) is 23.5 Å². The first-order chi connectivity index (χ1) is 16.0. The van der Waals surface area contributed by atoms with Crippen LogP contribution in [0.2, 0.25) is 0 Å². The van der Waals surface area contributed by atoms with Gasteiger partial charge in [-0.2, -0.15) is 33.2 Å². The van der Waals surface area contributed by atoms with Crippen LogP contribution in [0.15, 0.2) is 90.0 Å². The summed E-state index contributed by atoms with van der Waals surface area (Å²) in [5, 5.41) is 10.2. The number of hydrogen-bond acceptors (Lipinski definition) is 7. The van der Waals surface area contributed by atoms with Crippen molar-refractivity contribution >= 4 is 35.4 Å². The van der Waals surface area contributed by atoms with Crippen LogP contribution in [0.3, 0.4) is 0 Å². The summed E-state index contributed by atoms with van der Waals surface area (Å²) in [6, 6.07) is 23.4. The largest absolute Gasteiger partial charge is 0.416 e. The first-order valence-electron chi connectivity index (χ1n) is 9.82. The van der Waals surface area contributed by atoms with Gasteiger partial charge in [-0.1, -0.05) is 48.5 Å². The molecule has 4 rings (SSSR count). The van der Waals surface area contributed by atoms with E-state index in [0.29, 0.717) is 5.56 Å². The van der Waals surface area contributed by atoms with Crippen LogP contribution in [-0.2, 0) is 6.18 Å². The van der Waals surface area contributed by atoms with E-state index in [1.165, 1.54) is 18.3 Å². The van der Waals surface area contributed by atoms with Crippen LogP contribution in [0.25, 0.3) is 0 Å². The molecule has 0 spiro atoms. The fraction of sp³-hybridized carbons (Fsp3) is 0.0435. The van der Waals surface area contributed by atoms with Crippen LogP contribution >= 0.6 is 0 Å². The third-order valence-electron chi connectivity index (χ3n) is 4.31. The predicted molar refractivity (Wildman–Crippen MR) is 122 cm³/mol. The molecule has 0 amide bonds. The van der Waals surface area contributed by atoms with Gasteiger partial charge in [0.05, 0.1) is 11.8 Å². The molecular weight excluding hydrogens is 431 g/mol. The number of para-hydroxylation sites is 2. The summed E-state index contributed by atoms with van der Waals surface area (Å²) in [5.41, 5.74) is 4.02. The molecule has 3 aromatic carbocycles. The number of alkyl halides is 3. The number of halogens is 3. The van der Waals surface area contributed by atoms with Gasteiger partial charge in [0, 0.05) is 11.4 Å². The summed E-state index contributed by atoms with van der Waals surface area (Å²) in [7, 11) is 0. The Kier molecular flexibility index (Phi) is 6.44. The van der Waals surface area contributed by atoms with Gasteiger partial charge in [-0.3, -0.25) is 0 Å². The minimum absolute atomic E-state index is 0.144. The number of nitrogens with zero attached hydrogens (tertiary/aromatic N) is 4. The lowest BCUT2D eigenvalue weighted by molar-refractivity contribution is -0.137. The van der Waals surface area contributed by atoms with Crippen molar-refractivity contribution in [3.8, 4) is 0 Å². The van der Waals surface area contributed by atoms with Crippen molar-refractivity contribution < 1.29 is 13.2 Å². The quantitative estimate of drug-likeness (QED) is 0.243. The first-order valence-corrected chi connectivity index (χ1v) is 9.82. The number of nitrogens with one attached hydrogen (secondary N) is 3. The van der Waals surface area contributed by atoms with Crippen LogP contribution in [0.1, 0.15) is 11.1 Å². The van der Waals surface area contributed by atoms with Gasteiger partial charge in [0.25, 0.3) is 0 Å². The van der Waals surface area contributed by atoms with E-state index in [1.807, 2.05) is 60.7 Å². The Morgan fingerprint density at radius 1 is 0.636 bits per heavy atom. The highest BCUT2D eigenvalue weighted by molar-refractivity contribution is 5.80. The van der Waals surface area contributed by atoms with Crippen LogP contribution in [0.5, 0.6) is 0 Å². The lowest BCUT2D eigenvalue weighted by atomic mass is 10.1. The molecule has 166 valence electrons. The molecule has 0 atom stereocenters. The van der Waals surface area contributed by atoms with Crippen LogP contribution < -0.4 is 16.1 Å². The maximum atomic E-state index is 12.7. The molecule has 7 nitrogen and oxygen atoms in total. The summed E-state index contributed by atoms with van der Waals surface area (Å²) < 4.78 is 38.1. The van der Waals surface area contributed by atoms with Crippen molar-refractivity contribution in [1.29, 1.82) is 0 Å². The molecule has 0 aliphatic rings. The van der Waals surface area contributed by atoms with Crippen molar-refractivity contribution in [3.63, 3.8) is 0 Å². The van der Waals surface area contributed by atoms with Gasteiger partial charge in [0.15, 0.2) is 0 Å². The van der Waals surface area contributed by atoms with E-state index in [1.54, 1.807) is 0 Å². The standard InChI is InChI=1S/C23H18F3N7/c24-23(25,26)17-13-11-16(12-14-17)15-27-33-22-31-20(28-18-7-3-1-4-8-18)30-21(32-22)29-19-9-5-2-6-10-19/h1-15H,(H3,28,29,30,31,32,33)/b27-15+. The fourth-order valence-corrected chi connectivity index (χ4v) is 2.76. The summed E-state index contributed by atoms with van der Waals surface area (Å²) in [6.07, 6.45) is -3.01. The van der Waals surface area contributed by atoms with Crippen molar-refractivity contribution in [2.75, 3.05) is 16.1 Å². The van der Waals surface area contributed by atoms with E-state index >= 15 is 0 Å². The second-order valence-corrected chi connectivity index (χ2v) is 6.78. The fourth-order valence-electron chi connectivity index (χ4n) is 2.76. The summed E-state index contributed by atoms with van der Waals surface area (Å²) in [5.74, 6) is 0.703. The van der Waals surface area contributed by atoms with Crippen molar-refractivity contribution in [3.05, 3.63) is 96.1 Å². The van der Waals surface area contributed by atoms with Crippen molar-refractivity contribution in [1.82, 2.24) is 15.0 Å². The molecule has 1 heterocycles. The molecule has 0 saturated carbocycles. The van der Waals surface area contributed by atoms with Gasteiger partial charge < -0.3 is 10.6 Å². The molecule has 0 aliphatic carbocycles. The monoisotopic (exact) mass is 449 g/mol. The second-order valence-electron chi connectivity index (χ2n) is 6.78. The number of benzene rings is 3. The molecule has 0 bridgehead atoms. The number of anilines is 5. The highest BCUT2D eigenvalue weighted by Crippen LogP contribution is 2.28. The van der Waals surface area contributed by atoms with Crippen LogP contribution in [0, 0.1) is 0 Å². The third kappa shape index (κ3) is 6.26. The van der Waals surface area contributed by atoms with E-state index in [4.69, 9.17) is 0 Å². The number of aromatic nitrogens is 3. The zero-order chi connectivity index (χ0) is 23.1. The molecule has 10 heteroatoms. The van der Waals surface area contributed by atoms with E-state index < -0.39 is 11.7 Å². The van der Waals surface area contributed by atoms with Crippen molar-refractivity contribution in [2.24, 2.45) is 5.10 Å². The van der Waals surface area contributed by atoms with Crippen LogP contribution in [0.4, 0.5) is 42.4 Å². The zero-order valence-electron chi connectivity index (χ0n) is 17.1. The van der Waals surface area contributed by atoms with Gasteiger partial charge in [-0.05, 0) is 42.0 Å². The van der Waals surface area contributed by atoms with E-state index in [9.17, 15) is 13.2 Å². The Hall–Kier alpha value is -4.47. The summed E-state index contributed by atoms with van der Waals surface area (Å²) >= 11 is 0. The van der Waals surface area contributed by atoms with Gasteiger partial charge in [0.1, 0.15) is 0 Å². The average Bonchev–Trinajstić information content (AvgIpc) is 2.80. The smallest absolute Gasteiger partial charge is 0.324 e. The molecule has 0 fully saturated rings. The normalized spacial score (nSPS) is 11.4. The molecule has 0 aliphatic heterocycles. The Balaban J connectivity index is 1.53. The molecule has 33 heavy (non-hydrogen) atoms. The maximum Gasteiger partial charge on any atom is 0.416 e. The van der Waals surface area contributed by atoms with Crippen LogP contribution in [-0.4, -0.2) is 21.2 Å². The minimum Gasteiger partial charge on any atom is -0.324 e. The molecule has 1 aromatic heterocycles. The molecule has 3 N–H and O–H groups in total. The van der Waals surface area contributed by atoms with Crippen molar-refractivity contribution in [2.45, 2.75) is 6.18 Å². The highest BCUT2D eigenvalue weighted by Gasteiger charge is 2.29. The minimum atomic E-state index is -4.39. The SMILES string of the molecule is FC(F)(F)c1ccc(/C=N/Nc2nc(Nc3ccccc3)nc(Nc3ccccc3)n2)cc1. The topological polar surface area (TPSA) is 87.1 Å². The Morgan fingerprint density at radius 3 is 1.61 bits per heavy atom. The Bertz CT molecular complexity index is 1150. The van der Waals surface area contributed by atoms with Gasteiger partial charge in [-0.15, -0.1) is 0 Å². The molecule has 0 saturated heterocycles. The zero-order valence-corrected chi connectivity index (χ0v) is 17.1. The lowest BCUT2D eigenvalue weighted by Gasteiger charge is -2.10. The Labute approximate surface area is 187 Å². The summed E-state index contributed by atoms with van der Waals surface area (Å²) in [6.45, 7) is 0. The maximum absolute atomic E-state index is 12.7. The average molecular weight is 449 g/mol. The van der Waals surface area contributed by atoms with Gasteiger partial charge in [-0.25, -0.2) is 5.43 Å². The van der Waals surface area contributed by atoms with E-state index in [2.05, 4.69) is 36.1 Å². The lowest BCUT2D eigenvalue weighted by Crippen LogP contribution is -2.07. The molecule has 0 unspecified atom stereocenters. The number of rotatable bonds is 7. The number of hydrazone groups is 1. The summed E-state index contributed by atoms with van der Waals surface area (Å²) in [4.78, 5) is 13.0. The Morgan fingerprint density at radius 2 is 1.12 bits per heavy atom. The first kappa shape index (κ1) is 21.8. The molecule has 0 radical (unpaired) electrons. The van der Waals surface area contributed by atoms with Gasteiger partial charge >= 0.3 is 6.18 Å². The molecular formula is C23H18F3N7. The molecule has 4 aromatic rings.